The highest BCUT2D eigenvalue weighted by atomic mass is 19.2. The van der Waals surface area contributed by atoms with E-state index in [2.05, 4.69) is 21.9 Å². The lowest BCUT2D eigenvalue weighted by molar-refractivity contribution is 0.487. The molecule has 8 heteroatoms. The number of nitriles is 1. The van der Waals surface area contributed by atoms with Crippen molar-refractivity contribution in [3.05, 3.63) is 107 Å². The third kappa shape index (κ3) is 8.14. The van der Waals surface area contributed by atoms with Gasteiger partial charge in [0.15, 0.2) is 17.3 Å². The van der Waals surface area contributed by atoms with Gasteiger partial charge < -0.3 is 11.1 Å². The number of nitrogens with two attached hydrogens (primary N) is 1. The van der Waals surface area contributed by atoms with Gasteiger partial charge in [-0.1, -0.05) is 49.9 Å². The zero-order valence-electron chi connectivity index (χ0n) is 23.7. The average Bonchev–Trinajstić information content (AvgIpc) is 2.92. The predicted octanol–water partition coefficient (Wildman–Crippen LogP) is 7.29. The molecule has 0 aliphatic rings. The minimum atomic E-state index is -0.938. The maximum absolute atomic E-state index is 13.9. The van der Waals surface area contributed by atoms with Crippen molar-refractivity contribution < 1.29 is 8.78 Å². The summed E-state index contributed by atoms with van der Waals surface area (Å²) in [6.45, 7) is 14.3. The van der Waals surface area contributed by atoms with E-state index in [0.717, 1.165) is 53.1 Å². The number of nitrogens with zero attached hydrogens (tertiary/aromatic N) is 4. The van der Waals surface area contributed by atoms with Gasteiger partial charge in [0.1, 0.15) is 11.9 Å². The van der Waals surface area contributed by atoms with Gasteiger partial charge in [0, 0.05) is 23.7 Å². The van der Waals surface area contributed by atoms with Crippen LogP contribution in [0.4, 0.5) is 14.6 Å². The quantitative estimate of drug-likeness (QED) is 0.248. The number of aliphatic imine (C=N–C) groups is 1. The standard InChI is InChI=1S/C32H36F2N6/c1-7-28(40-29(20(2)3)14-15-32(5,6)36)23-10-8-22(9-11-23)18-37-31-30(39-25(17-35)19-38-31)21(4)24-12-13-26(33)27(34)16-24/h7-13,16,19,21H,2,14-15,18,36H2,1,3-6H3,(H,37,38)/b28-7-,40-29?. The number of benzene rings is 2. The summed E-state index contributed by atoms with van der Waals surface area (Å²) in [5, 5.41) is 12.6. The maximum Gasteiger partial charge on any atom is 0.159 e. The zero-order valence-corrected chi connectivity index (χ0v) is 23.7. The second-order valence-corrected chi connectivity index (χ2v) is 10.5. The van der Waals surface area contributed by atoms with Crippen LogP contribution in [0.5, 0.6) is 0 Å². The Bertz CT molecular complexity index is 1460. The first-order chi connectivity index (χ1) is 18.9. The molecule has 6 nitrogen and oxygen atoms in total. The van der Waals surface area contributed by atoms with Crippen LogP contribution < -0.4 is 11.1 Å². The van der Waals surface area contributed by atoms with Crippen molar-refractivity contribution >= 4 is 17.2 Å². The molecule has 3 rings (SSSR count). The smallest absolute Gasteiger partial charge is 0.159 e. The molecule has 0 saturated carbocycles. The third-order valence-electron chi connectivity index (χ3n) is 6.51. The Morgan fingerprint density at radius 2 is 1.90 bits per heavy atom. The Hall–Kier alpha value is -4.22. The summed E-state index contributed by atoms with van der Waals surface area (Å²) >= 11 is 0. The van der Waals surface area contributed by atoms with Crippen molar-refractivity contribution in [2.45, 2.75) is 65.5 Å². The highest BCUT2D eigenvalue weighted by molar-refractivity contribution is 6.02. The lowest BCUT2D eigenvalue weighted by Crippen LogP contribution is -2.32. The number of nitrogens with one attached hydrogen (secondary N) is 1. The van der Waals surface area contributed by atoms with E-state index in [9.17, 15) is 14.0 Å². The molecule has 0 aliphatic carbocycles. The van der Waals surface area contributed by atoms with E-state index in [4.69, 9.17) is 10.7 Å². The number of anilines is 1. The molecule has 0 fully saturated rings. The molecular weight excluding hydrogens is 506 g/mol. The molecule has 1 atom stereocenters. The molecule has 0 bridgehead atoms. The molecule has 0 spiro atoms. The average molecular weight is 543 g/mol. The van der Waals surface area contributed by atoms with E-state index >= 15 is 0 Å². The minimum absolute atomic E-state index is 0.142. The molecule has 40 heavy (non-hydrogen) atoms. The van der Waals surface area contributed by atoms with Crippen molar-refractivity contribution in [1.82, 2.24) is 9.97 Å². The van der Waals surface area contributed by atoms with E-state index < -0.39 is 17.6 Å². The maximum atomic E-state index is 13.9. The fourth-order valence-corrected chi connectivity index (χ4v) is 4.06. The fraction of sp³-hybridized carbons (Fsp3) is 0.312. The van der Waals surface area contributed by atoms with Crippen LogP contribution >= 0.6 is 0 Å². The van der Waals surface area contributed by atoms with Crippen LogP contribution in [0.1, 0.15) is 81.5 Å². The Labute approximate surface area is 235 Å². The number of allylic oxidation sites excluding steroid dienone is 2. The fourth-order valence-electron chi connectivity index (χ4n) is 4.06. The Balaban J connectivity index is 1.79. The summed E-state index contributed by atoms with van der Waals surface area (Å²) < 4.78 is 27.3. The Morgan fingerprint density at radius 1 is 1.20 bits per heavy atom. The summed E-state index contributed by atoms with van der Waals surface area (Å²) in [6.07, 6.45) is 4.90. The van der Waals surface area contributed by atoms with Gasteiger partial charge in [0.2, 0.25) is 0 Å². The monoisotopic (exact) mass is 542 g/mol. The van der Waals surface area contributed by atoms with E-state index in [0.29, 0.717) is 23.6 Å². The molecule has 3 aromatic rings. The van der Waals surface area contributed by atoms with Crippen molar-refractivity contribution in [1.29, 1.82) is 5.26 Å². The van der Waals surface area contributed by atoms with Gasteiger partial charge >= 0.3 is 0 Å². The first-order valence-corrected chi connectivity index (χ1v) is 13.2. The van der Waals surface area contributed by atoms with Gasteiger partial charge in [-0.05, 0) is 74.9 Å². The highest BCUT2D eigenvalue weighted by Crippen LogP contribution is 2.29. The van der Waals surface area contributed by atoms with Crippen LogP contribution in [-0.4, -0.2) is 21.2 Å². The zero-order chi connectivity index (χ0) is 29.4. The summed E-state index contributed by atoms with van der Waals surface area (Å²) in [4.78, 5) is 13.7. The van der Waals surface area contributed by atoms with Gasteiger partial charge in [0.05, 0.1) is 17.6 Å². The van der Waals surface area contributed by atoms with Crippen molar-refractivity contribution in [3.8, 4) is 6.07 Å². The van der Waals surface area contributed by atoms with Gasteiger partial charge in [0.25, 0.3) is 0 Å². The topological polar surface area (TPSA) is 100.0 Å². The number of hydrogen-bond acceptors (Lipinski definition) is 6. The van der Waals surface area contributed by atoms with Gasteiger partial charge in [-0.3, -0.25) is 4.99 Å². The van der Waals surface area contributed by atoms with Crippen LogP contribution in [0, 0.1) is 23.0 Å². The molecule has 0 aliphatic heterocycles. The second kappa shape index (κ2) is 13.2. The first-order valence-electron chi connectivity index (χ1n) is 13.2. The van der Waals surface area contributed by atoms with Crippen LogP contribution in [0.2, 0.25) is 0 Å². The van der Waals surface area contributed by atoms with Gasteiger partial charge in [-0.25, -0.2) is 18.7 Å². The molecule has 2 aromatic carbocycles. The second-order valence-electron chi connectivity index (χ2n) is 10.5. The van der Waals surface area contributed by atoms with Crippen LogP contribution in [-0.2, 0) is 6.54 Å². The Morgan fingerprint density at radius 3 is 2.48 bits per heavy atom. The summed E-state index contributed by atoms with van der Waals surface area (Å²) in [7, 11) is 0. The molecule has 1 unspecified atom stereocenters. The van der Waals surface area contributed by atoms with Crippen LogP contribution in [0.15, 0.2) is 71.9 Å². The molecular formula is C32H36F2N6. The van der Waals surface area contributed by atoms with E-state index in [1.807, 2.05) is 71.0 Å². The minimum Gasteiger partial charge on any atom is -0.364 e. The van der Waals surface area contributed by atoms with E-state index in [1.165, 1.54) is 12.3 Å². The summed E-state index contributed by atoms with van der Waals surface area (Å²) in [6, 6.07) is 13.7. The number of halogens is 2. The summed E-state index contributed by atoms with van der Waals surface area (Å²) in [5.41, 5.74) is 11.7. The van der Waals surface area contributed by atoms with Crippen molar-refractivity contribution in [2.24, 2.45) is 10.7 Å². The van der Waals surface area contributed by atoms with E-state index in [-0.39, 0.29) is 11.2 Å². The first kappa shape index (κ1) is 30.3. The van der Waals surface area contributed by atoms with Crippen molar-refractivity contribution in [2.75, 3.05) is 5.32 Å². The molecule has 0 saturated heterocycles. The normalized spacial score (nSPS) is 13.1. The highest BCUT2D eigenvalue weighted by Gasteiger charge is 2.19. The SMILES string of the molecule is C=C(C)C(CCC(C)(C)N)=N/C(=C\C)c1ccc(CNc2ncc(C#N)nc2C(C)c2ccc(F)c(F)c2)cc1. The lowest BCUT2D eigenvalue weighted by atomic mass is 9.96. The lowest BCUT2D eigenvalue weighted by Gasteiger charge is -2.19. The molecule has 0 radical (unpaired) electrons. The number of hydrogen-bond donors (Lipinski definition) is 2. The number of rotatable bonds is 11. The van der Waals surface area contributed by atoms with E-state index in [1.54, 1.807) is 0 Å². The largest absolute Gasteiger partial charge is 0.364 e. The molecule has 208 valence electrons. The van der Waals surface area contributed by atoms with Gasteiger partial charge in [-0.15, -0.1) is 0 Å². The van der Waals surface area contributed by atoms with Crippen LogP contribution in [0.25, 0.3) is 5.70 Å². The van der Waals surface area contributed by atoms with Crippen molar-refractivity contribution in [3.63, 3.8) is 0 Å². The molecule has 1 aromatic heterocycles. The third-order valence-corrected chi connectivity index (χ3v) is 6.51. The number of aromatic nitrogens is 2. The molecule has 3 N–H and O–H groups in total. The van der Waals surface area contributed by atoms with Gasteiger partial charge in [-0.2, -0.15) is 5.26 Å². The van der Waals surface area contributed by atoms with Crippen LogP contribution in [0.3, 0.4) is 0 Å². The molecule has 0 amide bonds. The predicted molar refractivity (Wildman–Crippen MR) is 158 cm³/mol. The Kier molecular flexibility index (Phi) is 10.0. The summed E-state index contributed by atoms with van der Waals surface area (Å²) in [5.74, 6) is -1.82. The molecule has 1 heterocycles.